The number of hydrogen-bond donors (Lipinski definition) is 0. The minimum absolute atomic E-state index is 0.316. The molecule has 0 unspecified atom stereocenters. The van der Waals surface area contributed by atoms with Crippen LogP contribution in [0.25, 0.3) is 5.57 Å². The maximum absolute atomic E-state index is 13.6. The molecule has 168 valence electrons. The number of carbonyl (C=O) groups excluding carboxylic acids is 2. The molecule has 4 rings (SSSR count). The van der Waals surface area contributed by atoms with Crippen LogP contribution in [0.1, 0.15) is 30.0 Å². The van der Waals surface area contributed by atoms with Gasteiger partial charge in [-0.3, -0.25) is 9.59 Å². The lowest BCUT2D eigenvalue weighted by Gasteiger charge is -2.21. The van der Waals surface area contributed by atoms with Crippen LogP contribution in [0, 0.1) is 6.92 Å². The van der Waals surface area contributed by atoms with Crippen molar-refractivity contribution in [3.63, 3.8) is 0 Å². The Labute approximate surface area is 194 Å². The van der Waals surface area contributed by atoms with Gasteiger partial charge in [0.25, 0.3) is 11.8 Å². The van der Waals surface area contributed by atoms with Crippen molar-refractivity contribution in [2.75, 3.05) is 18.6 Å². The molecule has 1 heterocycles. The van der Waals surface area contributed by atoms with E-state index in [0.29, 0.717) is 35.7 Å². The van der Waals surface area contributed by atoms with E-state index >= 15 is 0 Å². The third-order valence-corrected chi connectivity index (χ3v) is 5.61. The van der Waals surface area contributed by atoms with Gasteiger partial charge >= 0.3 is 0 Å². The van der Waals surface area contributed by atoms with E-state index in [0.717, 1.165) is 23.3 Å². The highest BCUT2D eigenvalue weighted by atomic mass is 16.5. The lowest BCUT2D eigenvalue weighted by atomic mass is 10.0. The molecular formula is C28H28N2O3. The third-order valence-electron chi connectivity index (χ3n) is 5.61. The molecule has 1 aliphatic rings. The Morgan fingerprint density at radius 3 is 2.15 bits per heavy atom. The molecule has 1 aliphatic heterocycles. The molecule has 0 aromatic heterocycles. The summed E-state index contributed by atoms with van der Waals surface area (Å²) >= 11 is 0. The molecule has 0 N–H and O–H groups in total. The number of amides is 2. The van der Waals surface area contributed by atoms with Crippen molar-refractivity contribution in [1.29, 1.82) is 0 Å². The fourth-order valence-electron chi connectivity index (χ4n) is 3.93. The highest BCUT2D eigenvalue weighted by Gasteiger charge is 2.41. The summed E-state index contributed by atoms with van der Waals surface area (Å²) in [5, 5.41) is 0. The van der Waals surface area contributed by atoms with Gasteiger partial charge in [-0.05, 0) is 48.7 Å². The molecule has 0 atom stereocenters. The first-order valence-corrected chi connectivity index (χ1v) is 11.2. The molecule has 33 heavy (non-hydrogen) atoms. The minimum Gasteiger partial charge on any atom is -0.494 e. The Balaban J connectivity index is 1.74. The first kappa shape index (κ1) is 22.3. The van der Waals surface area contributed by atoms with Crippen LogP contribution in [0.15, 0.2) is 84.6 Å². The molecule has 0 saturated heterocycles. The van der Waals surface area contributed by atoms with E-state index in [-0.39, 0.29) is 11.8 Å². The summed E-state index contributed by atoms with van der Waals surface area (Å²) in [6.45, 7) is 5.17. The number of anilines is 1. The monoisotopic (exact) mass is 440 g/mol. The maximum atomic E-state index is 13.6. The second-order valence-electron chi connectivity index (χ2n) is 8.22. The number of carbonyl (C=O) groups is 2. The van der Waals surface area contributed by atoms with Crippen molar-refractivity contribution in [3.05, 3.63) is 101 Å². The summed E-state index contributed by atoms with van der Waals surface area (Å²) < 4.78 is 5.69. The van der Waals surface area contributed by atoms with Crippen LogP contribution in [-0.4, -0.2) is 30.4 Å². The smallest absolute Gasteiger partial charge is 0.282 e. The number of ether oxygens (including phenoxy) is 1. The molecule has 5 heteroatoms. The summed E-state index contributed by atoms with van der Waals surface area (Å²) in [6.07, 6.45) is 0.916. The van der Waals surface area contributed by atoms with Crippen molar-refractivity contribution in [3.8, 4) is 5.75 Å². The van der Waals surface area contributed by atoms with E-state index < -0.39 is 0 Å². The van der Waals surface area contributed by atoms with E-state index in [9.17, 15) is 9.59 Å². The Kier molecular flexibility index (Phi) is 6.59. The van der Waals surface area contributed by atoms with Crippen molar-refractivity contribution < 1.29 is 14.3 Å². The van der Waals surface area contributed by atoms with Crippen molar-refractivity contribution in [2.24, 2.45) is 0 Å². The van der Waals surface area contributed by atoms with Crippen LogP contribution in [0.2, 0.25) is 0 Å². The molecule has 0 aliphatic carbocycles. The van der Waals surface area contributed by atoms with E-state index in [1.165, 1.54) is 4.90 Å². The highest BCUT2D eigenvalue weighted by Crippen LogP contribution is 2.35. The first-order chi connectivity index (χ1) is 16.0. The summed E-state index contributed by atoms with van der Waals surface area (Å²) in [5.41, 5.74) is 4.19. The minimum atomic E-state index is -0.319. The van der Waals surface area contributed by atoms with Crippen LogP contribution >= 0.6 is 0 Å². The van der Waals surface area contributed by atoms with Crippen molar-refractivity contribution in [1.82, 2.24) is 4.90 Å². The van der Waals surface area contributed by atoms with E-state index in [4.69, 9.17) is 4.74 Å². The van der Waals surface area contributed by atoms with E-state index in [2.05, 4.69) is 6.92 Å². The fourth-order valence-corrected chi connectivity index (χ4v) is 3.93. The van der Waals surface area contributed by atoms with Gasteiger partial charge < -0.3 is 9.64 Å². The Hall–Kier alpha value is -3.86. The Morgan fingerprint density at radius 1 is 0.848 bits per heavy atom. The summed E-state index contributed by atoms with van der Waals surface area (Å²) in [5.74, 6) is 0.108. The van der Waals surface area contributed by atoms with Crippen LogP contribution in [-0.2, 0) is 16.1 Å². The fraction of sp³-hybridized carbons (Fsp3) is 0.214. The average molecular weight is 441 g/mol. The molecule has 0 saturated carbocycles. The number of nitrogens with zero attached hydrogens (tertiary/aromatic N) is 2. The van der Waals surface area contributed by atoms with E-state index in [1.54, 1.807) is 0 Å². The second kappa shape index (κ2) is 9.74. The number of hydrogen-bond acceptors (Lipinski definition) is 4. The average Bonchev–Trinajstić information content (AvgIpc) is 3.09. The van der Waals surface area contributed by atoms with Crippen LogP contribution < -0.4 is 9.64 Å². The van der Waals surface area contributed by atoms with Crippen LogP contribution in [0.3, 0.4) is 0 Å². The quantitative estimate of drug-likeness (QED) is 0.452. The number of aryl methyl sites for hydroxylation is 1. The number of rotatable bonds is 8. The molecule has 0 radical (unpaired) electrons. The van der Waals surface area contributed by atoms with Crippen LogP contribution in [0.4, 0.5) is 5.69 Å². The van der Waals surface area contributed by atoms with Gasteiger partial charge in [0, 0.05) is 13.6 Å². The van der Waals surface area contributed by atoms with Gasteiger partial charge in [0.05, 0.1) is 17.9 Å². The van der Waals surface area contributed by atoms with Gasteiger partial charge in [0.15, 0.2) is 0 Å². The topological polar surface area (TPSA) is 49.9 Å². The lowest BCUT2D eigenvalue weighted by Crippen LogP contribution is -2.34. The van der Waals surface area contributed by atoms with Crippen LogP contribution in [0.5, 0.6) is 5.75 Å². The number of benzene rings is 3. The number of likely N-dealkylation sites (N-methyl/N-ethyl adjacent to an activating group) is 1. The Morgan fingerprint density at radius 2 is 1.52 bits per heavy atom. The van der Waals surface area contributed by atoms with E-state index in [1.807, 2.05) is 97.7 Å². The summed E-state index contributed by atoms with van der Waals surface area (Å²) in [7, 11) is 1.85. The lowest BCUT2D eigenvalue weighted by molar-refractivity contribution is -0.120. The largest absolute Gasteiger partial charge is 0.494 e. The van der Waals surface area contributed by atoms with Gasteiger partial charge in [0.2, 0.25) is 0 Å². The molecule has 0 fully saturated rings. The molecule has 0 spiro atoms. The predicted octanol–water partition coefficient (Wildman–Crippen LogP) is 5.20. The predicted molar refractivity (Wildman–Crippen MR) is 131 cm³/mol. The molecule has 0 bridgehead atoms. The van der Waals surface area contributed by atoms with Gasteiger partial charge in [-0.2, -0.15) is 0 Å². The molecule has 3 aromatic rings. The molecule has 3 aromatic carbocycles. The van der Waals surface area contributed by atoms with Gasteiger partial charge in [-0.25, -0.2) is 4.90 Å². The van der Waals surface area contributed by atoms with Crippen molar-refractivity contribution in [2.45, 2.75) is 26.8 Å². The summed E-state index contributed by atoms with van der Waals surface area (Å²) in [4.78, 5) is 30.4. The Bertz CT molecular complexity index is 1170. The maximum Gasteiger partial charge on any atom is 0.282 e. The SMILES string of the molecule is CCCOc1ccc(C2=C(N(C)Cc3ccccc3)C(=O)N(c3ccc(C)cc3)C2=O)cc1. The van der Waals surface area contributed by atoms with Gasteiger partial charge in [-0.15, -0.1) is 0 Å². The third kappa shape index (κ3) is 4.67. The summed E-state index contributed by atoms with van der Waals surface area (Å²) in [6, 6.07) is 24.7. The zero-order valence-electron chi connectivity index (χ0n) is 19.2. The van der Waals surface area contributed by atoms with Gasteiger partial charge in [-0.1, -0.05) is 67.1 Å². The normalized spacial score (nSPS) is 13.6. The zero-order valence-corrected chi connectivity index (χ0v) is 19.2. The molecule has 2 amide bonds. The molecule has 5 nitrogen and oxygen atoms in total. The van der Waals surface area contributed by atoms with Crippen molar-refractivity contribution >= 4 is 23.1 Å². The molecular weight excluding hydrogens is 412 g/mol. The second-order valence-corrected chi connectivity index (χ2v) is 8.22. The standard InChI is InChI=1S/C28H28N2O3/c1-4-18-33-24-16-12-22(13-17-24)25-26(29(3)19-21-8-6-5-7-9-21)28(32)30(27(25)31)23-14-10-20(2)11-15-23/h5-17H,4,18-19H2,1-3H3. The zero-order chi connectivity index (χ0) is 23.4. The number of imide groups is 1. The van der Waals surface area contributed by atoms with Gasteiger partial charge in [0.1, 0.15) is 11.4 Å². The highest BCUT2D eigenvalue weighted by molar-refractivity contribution is 6.45. The first-order valence-electron chi connectivity index (χ1n) is 11.2.